The molecule has 120 valence electrons. The van der Waals surface area contributed by atoms with Crippen LogP contribution in [0.2, 0.25) is 0 Å². The SMILES string of the molecule is Cc1ccccc1C(=O)N(Cc1ccccn1)CC1CCCO1. The normalized spacial score (nSPS) is 17.2. The molecule has 2 aromatic rings. The van der Waals surface area contributed by atoms with Gasteiger partial charge in [0.25, 0.3) is 5.91 Å². The Bertz CT molecular complexity index is 651. The zero-order chi connectivity index (χ0) is 16.1. The summed E-state index contributed by atoms with van der Waals surface area (Å²) in [5.41, 5.74) is 2.64. The first-order chi connectivity index (χ1) is 11.2. The molecule has 0 bridgehead atoms. The van der Waals surface area contributed by atoms with E-state index in [1.807, 2.05) is 54.3 Å². The molecular weight excluding hydrogens is 288 g/mol. The first kappa shape index (κ1) is 15.7. The van der Waals surface area contributed by atoms with E-state index in [1.54, 1.807) is 6.20 Å². The molecule has 0 saturated carbocycles. The molecule has 1 unspecified atom stereocenters. The molecule has 1 aromatic heterocycles. The van der Waals surface area contributed by atoms with Gasteiger partial charge in [-0.25, -0.2) is 0 Å². The molecule has 1 fully saturated rings. The number of amides is 1. The number of hydrogen-bond donors (Lipinski definition) is 0. The molecule has 0 N–H and O–H groups in total. The topological polar surface area (TPSA) is 42.4 Å². The Morgan fingerprint density at radius 2 is 2.09 bits per heavy atom. The van der Waals surface area contributed by atoms with Crippen molar-refractivity contribution >= 4 is 5.91 Å². The third kappa shape index (κ3) is 3.96. The van der Waals surface area contributed by atoms with Crippen LogP contribution >= 0.6 is 0 Å². The Hall–Kier alpha value is -2.20. The summed E-state index contributed by atoms with van der Waals surface area (Å²) in [6.07, 6.45) is 3.98. The maximum Gasteiger partial charge on any atom is 0.254 e. The van der Waals surface area contributed by atoms with Crippen LogP contribution in [0.25, 0.3) is 0 Å². The van der Waals surface area contributed by atoms with E-state index in [0.29, 0.717) is 13.1 Å². The monoisotopic (exact) mass is 310 g/mol. The number of carbonyl (C=O) groups is 1. The molecule has 0 radical (unpaired) electrons. The average Bonchev–Trinajstić information content (AvgIpc) is 3.08. The molecule has 1 aliphatic heterocycles. The summed E-state index contributed by atoms with van der Waals surface area (Å²) < 4.78 is 5.72. The van der Waals surface area contributed by atoms with Gasteiger partial charge >= 0.3 is 0 Å². The van der Waals surface area contributed by atoms with Crippen LogP contribution in [-0.2, 0) is 11.3 Å². The van der Waals surface area contributed by atoms with E-state index in [9.17, 15) is 4.79 Å². The molecule has 1 atom stereocenters. The molecule has 1 aliphatic rings. The lowest BCUT2D eigenvalue weighted by atomic mass is 10.1. The molecule has 0 aliphatic carbocycles. The third-order valence-corrected chi connectivity index (χ3v) is 4.19. The number of aromatic nitrogens is 1. The summed E-state index contributed by atoms with van der Waals surface area (Å²) >= 11 is 0. The lowest BCUT2D eigenvalue weighted by Crippen LogP contribution is -2.37. The van der Waals surface area contributed by atoms with Crippen LogP contribution in [0.1, 0.15) is 34.5 Å². The highest BCUT2D eigenvalue weighted by Gasteiger charge is 2.24. The molecule has 1 saturated heterocycles. The highest BCUT2D eigenvalue weighted by molar-refractivity contribution is 5.95. The van der Waals surface area contributed by atoms with Crippen molar-refractivity contribution < 1.29 is 9.53 Å². The summed E-state index contributed by atoms with van der Waals surface area (Å²) in [7, 11) is 0. The molecule has 23 heavy (non-hydrogen) atoms. The van der Waals surface area contributed by atoms with Crippen molar-refractivity contribution in [3.8, 4) is 0 Å². The Kier molecular flexibility index (Phi) is 5.03. The molecule has 1 aromatic carbocycles. The number of aryl methyl sites for hydroxylation is 1. The number of ether oxygens (including phenoxy) is 1. The van der Waals surface area contributed by atoms with Crippen LogP contribution in [0.15, 0.2) is 48.7 Å². The molecule has 1 amide bonds. The highest BCUT2D eigenvalue weighted by Crippen LogP contribution is 2.18. The van der Waals surface area contributed by atoms with Gasteiger partial charge in [0.2, 0.25) is 0 Å². The molecule has 2 heterocycles. The summed E-state index contributed by atoms with van der Waals surface area (Å²) in [6.45, 7) is 3.89. The largest absolute Gasteiger partial charge is 0.376 e. The quantitative estimate of drug-likeness (QED) is 0.851. The number of carbonyl (C=O) groups excluding carboxylic acids is 1. The van der Waals surface area contributed by atoms with Crippen molar-refractivity contribution in [1.82, 2.24) is 9.88 Å². The van der Waals surface area contributed by atoms with Gasteiger partial charge in [0.1, 0.15) is 0 Å². The zero-order valence-corrected chi connectivity index (χ0v) is 13.4. The number of rotatable bonds is 5. The van der Waals surface area contributed by atoms with Crippen LogP contribution in [0, 0.1) is 6.92 Å². The third-order valence-electron chi connectivity index (χ3n) is 4.19. The molecular formula is C19H22N2O2. The Morgan fingerprint density at radius 1 is 1.26 bits per heavy atom. The van der Waals surface area contributed by atoms with E-state index in [4.69, 9.17) is 4.74 Å². The van der Waals surface area contributed by atoms with Gasteiger partial charge in [-0.3, -0.25) is 9.78 Å². The van der Waals surface area contributed by atoms with E-state index in [1.165, 1.54) is 0 Å². The van der Waals surface area contributed by atoms with Crippen molar-refractivity contribution in [2.24, 2.45) is 0 Å². The highest BCUT2D eigenvalue weighted by atomic mass is 16.5. The lowest BCUT2D eigenvalue weighted by Gasteiger charge is -2.26. The van der Waals surface area contributed by atoms with Gasteiger partial charge in [-0.2, -0.15) is 0 Å². The summed E-state index contributed by atoms with van der Waals surface area (Å²) in [5.74, 6) is 0.0456. The fourth-order valence-electron chi connectivity index (χ4n) is 2.92. The minimum absolute atomic E-state index is 0.0456. The number of benzene rings is 1. The average molecular weight is 310 g/mol. The Labute approximate surface area is 137 Å². The van der Waals surface area contributed by atoms with E-state index in [-0.39, 0.29) is 12.0 Å². The van der Waals surface area contributed by atoms with E-state index < -0.39 is 0 Å². The second-order valence-corrected chi connectivity index (χ2v) is 5.96. The predicted molar refractivity (Wildman–Crippen MR) is 89.1 cm³/mol. The Morgan fingerprint density at radius 3 is 2.78 bits per heavy atom. The van der Waals surface area contributed by atoms with E-state index in [2.05, 4.69) is 4.98 Å². The van der Waals surface area contributed by atoms with Gasteiger partial charge in [0, 0.05) is 24.9 Å². The van der Waals surface area contributed by atoms with Crippen LogP contribution < -0.4 is 0 Å². The van der Waals surface area contributed by atoms with Crippen molar-refractivity contribution in [3.63, 3.8) is 0 Å². The maximum atomic E-state index is 13.0. The van der Waals surface area contributed by atoms with Gasteiger partial charge in [0.15, 0.2) is 0 Å². The van der Waals surface area contributed by atoms with E-state index in [0.717, 1.165) is 36.3 Å². The van der Waals surface area contributed by atoms with Gasteiger partial charge in [-0.15, -0.1) is 0 Å². The lowest BCUT2D eigenvalue weighted by molar-refractivity contribution is 0.0504. The summed E-state index contributed by atoms with van der Waals surface area (Å²) in [4.78, 5) is 19.2. The maximum absolute atomic E-state index is 13.0. The first-order valence-corrected chi connectivity index (χ1v) is 8.10. The standard InChI is InChI=1S/C19H22N2O2/c1-15-7-2-3-10-18(15)19(22)21(14-17-9-6-12-23-17)13-16-8-4-5-11-20-16/h2-5,7-8,10-11,17H,6,9,12-14H2,1H3. The van der Waals surface area contributed by atoms with E-state index >= 15 is 0 Å². The minimum atomic E-state index is 0.0456. The van der Waals surface area contributed by atoms with Crippen LogP contribution in [0.3, 0.4) is 0 Å². The minimum Gasteiger partial charge on any atom is -0.376 e. The first-order valence-electron chi connectivity index (χ1n) is 8.10. The number of nitrogens with zero attached hydrogens (tertiary/aromatic N) is 2. The fourth-order valence-corrected chi connectivity index (χ4v) is 2.92. The van der Waals surface area contributed by atoms with Crippen molar-refractivity contribution in [1.29, 1.82) is 0 Å². The van der Waals surface area contributed by atoms with Crippen molar-refractivity contribution in [3.05, 3.63) is 65.5 Å². The molecule has 4 nitrogen and oxygen atoms in total. The second kappa shape index (κ2) is 7.38. The molecule has 0 spiro atoms. The van der Waals surface area contributed by atoms with Crippen molar-refractivity contribution in [2.75, 3.05) is 13.2 Å². The van der Waals surface area contributed by atoms with Crippen molar-refractivity contribution in [2.45, 2.75) is 32.4 Å². The van der Waals surface area contributed by atoms with Crippen LogP contribution in [0.5, 0.6) is 0 Å². The van der Waals surface area contributed by atoms with Gasteiger partial charge in [-0.05, 0) is 43.5 Å². The Balaban J connectivity index is 1.81. The molecule has 3 rings (SSSR count). The smallest absolute Gasteiger partial charge is 0.254 e. The van der Waals surface area contributed by atoms with Gasteiger partial charge < -0.3 is 9.64 Å². The summed E-state index contributed by atoms with van der Waals surface area (Å²) in [5, 5.41) is 0. The van der Waals surface area contributed by atoms with Gasteiger partial charge in [0.05, 0.1) is 18.3 Å². The van der Waals surface area contributed by atoms with Gasteiger partial charge in [-0.1, -0.05) is 24.3 Å². The number of hydrogen-bond acceptors (Lipinski definition) is 3. The second-order valence-electron chi connectivity index (χ2n) is 5.96. The summed E-state index contributed by atoms with van der Waals surface area (Å²) in [6, 6.07) is 13.5. The van der Waals surface area contributed by atoms with Crippen LogP contribution in [-0.4, -0.2) is 35.0 Å². The fraction of sp³-hybridized carbons (Fsp3) is 0.368. The predicted octanol–water partition coefficient (Wildman–Crippen LogP) is 3.21. The number of pyridine rings is 1. The molecule has 4 heteroatoms. The van der Waals surface area contributed by atoms with Crippen LogP contribution in [0.4, 0.5) is 0 Å². The zero-order valence-electron chi connectivity index (χ0n) is 13.4.